The lowest BCUT2D eigenvalue weighted by molar-refractivity contribution is -0.384. The summed E-state index contributed by atoms with van der Waals surface area (Å²) in [7, 11) is -4.10. The van der Waals surface area contributed by atoms with Crippen LogP contribution in [0.1, 0.15) is 18.2 Å². The van der Waals surface area contributed by atoms with E-state index in [2.05, 4.69) is 0 Å². The van der Waals surface area contributed by atoms with Gasteiger partial charge in [-0.05, 0) is 42.0 Å². The van der Waals surface area contributed by atoms with Crippen molar-refractivity contribution >= 4 is 21.4 Å². The molecule has 0 heterocycles. The molecule has 0 N–H and O–H groups in total. The summed E-state index contributed by atoms with van der Waals surface area (Å²) < 4.78 is 55.2. The lowest BCUT2D eigenvalue weighted by atomic mass is 10.1. The highest BCUT2D eigenvalue weighted by atomic mass is 32.2. The minimum atomic E-state index is -4.10. The van der Waals surface area contributed by atoms with Gasteiger partial charge in [0.05, 0.1) is 15.5 Å². The van der Waals surface area contributed by atoms with Gasteiger partial charge in [-0.25, -0.2) is 17.2 Å². The monoisotopic (exact) mass is 432 g/mol. The molecule has 3 rings (SSSR count). The average molecular weight is 432 g/mol. The third kappa shape index (κ3) is 4.80. The van der Waals surface area contributed by atoms with Crippen LogP contribution in [0.25, 0.3) is 0 Å². The maximum absolute atomic E-state index is 14.7. The second-order valence-corrected chi connectivity index (χ2v) is 8.33. The first-order valence-electron chi connectivity index (χ1n) is 9.01. The Morgan fingerprint density at radius 2 is 1.53 bits per heavy atom. The van der Waals surface area contributed by atoms with Crippen molar-refractivity contribution in [2.24, 2.45) is 0 Å². The Morgan fingerprint density at radius 1 is 0.933 bits per heavy atom. The van der Waals surface area contributed by atoms with Crippen molar-refractivity contribution in [1.29, 1.82) is 0 Å². The SMILES string of the molecule is O=[N+]([O-])c1ccc(S(=O)(=O)N(CC[C@@H](F)c2ccc(F)cc2)c2ccccc2)cc1. The van der Waals surface area contributed by atoms with Gasteiger partial charge in [0.1, 0.15) is 12.0 Å². The number of nitrogens with zero attached hydrogens (tertiary/aromatic N) is 2. The van der Waals surface area contributed by atoms with Crippen molar-refractivity contribution in [1.82, 2.24) is 0 Å². The zero-order valence-corrected chi connectivity index (χ0v) is 16.5. The largest absolute Gasteiger partial charge is 0.269 e. The van der Waals surface area contributed by atoms with E-state index < -0.39 is 26.9 Å². The smallest absolute Gasteiger partial charge is 0.266 e. The first-order valence-corrected chi connectivity index (χ1v) is 10.4. The van der Waals surface area contributed by atoms with E-state index in [4.69, 9.17) is 0 Å². The van der Waals surface area contributed by atoms with Gasteiger partial charge in [0, 0.05) is 25.1 Å². The van der Waals surface area contributed by atoms with Crippen LogP contribution in [0.4, 0.5) is 20.2 Å². The Balaban J connectivity index is 1.88. The number of rotatable bonds is 8. The van der Waals surface area contributed by atoms with Gasteiger partial charge in [-0.1, -0.05) is 30.3 Å². The van der Waals surface area contributed by atoms with Gasteiger partial charge in [0.25, 0.3) is 15.7 Å². The van der Waals surface area contributed by atoms with Crippen LogP contribution in [0.15, 0.2) is 83.8 Å². The Labute approximate surface area is 172 Å². The molecule has 9 heteroatoms. The van der Waals surface area contributed by atoms with Gasteiger partial charge in [-0.15, -0.1) is 0 Å². The van der Waals surface area contributed by atoms with Gasteiger partial charge < -0.3 is 0 Å². The molecule has 0 aliphatic rings. The molecular formula is C21H18F2N2O4S. The van der Waals surface area contributed by atoms with Crippen LogP contribution in [-0.2, 0) is 10.0 Å². The van der Waals surface area contributed by atoms with Gasteiger partial charge in [0.15, 0.2) is 0 Å². The lowest BCUT2D eigenvalue weighted by Gasteiger charge is -2.25. The van der Waals surface area contributed by atoms with E-state index in [1.54, 1.807) is 30.3 Å². The molecule has 156 valence electrons. The zero-order valence-electron chi connectivity index (χ0n) is 15.7. The number of para-hydroxylation sites is 1. The molecule has 1 atom stereocenters. The Bertz CT molecular complexity index is 1110. The number of hydrogen-bond acceptors (Lipinski definition) is 4. The Kier molecular flexibility index (Phi) is 6.41. The molecule has 0 bridgehead atoms. The summed E-state index contributed by atoms with van der Waals surface area (Å²) in [6, 6.07) is 17.6. The summed E-state index contributed by atoms with van der Waals surface area (Å²) in [6.07, 6.45) is -1.66. The summed E-state index contributed by atoms with van der Waals surface area (Å²) in [4.78, 5) is 10.1. The standard InChI is InChI=1S/C21H18F2N2O4S/c22-17-8-6-16(7-9-17)21(23)14-15-24(18-4-2-1-3-5-18)30(28,29)20-12-10-19(11-13-20)25(26)27/h1-13,21H,14-15H2/t21-/m1/s1. The molecule has 0 unspecified atom stereocenters. The fourth-order valence-corrected chi connectivity index (χ4v) is 4.40. The molecule has 3 aromatic rings. The predicted octanol–water partition coefficient (Wildman–Crippen LogP) is 5.03. The number of nitro benzene ring substituents is 1. The van der Waals surface area contributed by atoms with E-state index in [-0.39, 0.29) is 29.1 Å². The highest BCUT2D eigenvalue weighted by Crippen LogP contribution is 2.28. The van der Waals surface area contributed by atoms with Crippen molar-refractivity contribution in [2.45, 2.75) is 17.5 Å². The van der Waals surface area contributed by atoms with Crippen molar-refractivity contribution in [3.63, 3.8) is 0 Å². The molecule has 0 saturated heterocycles. The van der Waals surface area contributed by atoms with Crippen LogP contribution in [0.3, 0.4) is 0 Å². The second kappa shape index (κ2) is 9.00. The van der Waals surface area contributed by atoms with E-state index in [9.17, 15) is 27.3 Å². The molecule has 30 heavy (non-hydrogen) atoms. The molecule has 0 aliphatic heterocycles. The number of hydrogen-bond donors (Lipinski definition) is 0. The van der Waals surface area contributed by atoms with E-state index in [1.165, 1.54) is 12.1 Å². The number of non-ortho nitro benzene ring substituents is 1. The number of halogens is 2. The fraction of sp³-hybridized carbons (Fsp3) is 0.143. The summed E-state index contributed by atoms with van der Waals surface area (Å²) in [5.41, 5.74) is 0.347. The topological polar surface area (TPSA) is 80.5 Å². The molecule has 0 fully saturated rings. The van der Waals surface area contributed by atoms with Gasteiger partial charge in [-0.3, -0.25) is 14.4 Å². The summed E-state index contributed by atoms with van der Waals surface area (Å²) >= 11 is 0. The molecule has 0 saturated carbocycles. The van der Waals surface area contributed by atoms with Crippen molar-refractivity contribution in [3.8, 4) is 0 Å². The summed E-state index contributed by atoms with van der Waals surface area (Å²) in [6.45, 7) is -0.179. The van der Waals surface area contributed by atoms with Gasteiger partial charge in [-0.2, -0.15) is 0 Å². The first-order chi connectivity index (χ1) is 14.3. The van der Waals surface area contributed by atoms with Gasteiger partial charge in [0.2, 0.25) is 0 Å². The first kappa shape index (κ1) is 21.4. The Hall–Kier alpha value is -3.33. The molecule has 0 aliphatic carbocycles. The fourth-order valence-electron chi connectivity index (χ4n) is 2.92. The highest BCUT2D eigenvalue weighted by molar-refractivity contribution is 7.92. The third-order valence-electron chi connectivity index (χ3n) is 4.50. The molecule has 0 aromatic heterocycles. The summed E-state index contributed by atoms with van der Waals surface area (Å²) in [5.74, 6) is -0.488. The lowest BCUT2D eigenvalue weighted by Crippen LogP contribution is -2.32. The number of nitro groups is 1. The normalized spacial score (nSPS) is 12.3. The van der Waals surface area contributed by atoms with Crippen LogP contribution in [0.5, 0.6) is 0 Å². The minimum Gasteiger partial charge on any atom is -0.266 e. The molecule has 6 nitrogen and oxygen atoms in total. The second-order valence-electron chi connectivity index (χ2n) is 6.47. The van der Waals surface area contributed by atoms with E-state index in [1.807, 2.05) is 0 Å². The number of sulfonamides is 1. The highest BCUT2D eigenvalue weighted by Gasteiger charge is 2.26. The molecular weight excluding hydrogens is 414 g/mol. The molecule has 0 radical (unpaired) electrons. The summed E-state index contributed by atoms with van der Waals surface area (Å²) in [5, 5.41) is 10.8. The minimum absolute atomic E-state index is 0.144. The molecule has 0 spiro atoms. The van der Waals surface area contributed by atoms with E-state index >= 15 is 0 Å². The number of alkyl halides is 1. The maximum Gasteiger partial charge on any atom is 0.269 e. The van der Waals surface area contributed by atoms with Gasteiger partial charge >= 0.3 is 0 Å². The van der Waals surface area contributed by atoms with Crippen LogP contribution in [0, 0.1) is 15.9 Å². The average Bonchev–Trinajstić information content (AvgIpc) is 2.75. The van der Waals surface area contributed by atoms with Crippen LogP contribution in [-0.4, -0.2) is 19.9 Å². The van der Waals surface area contributed by atoms with Crippen LogP contribution >= 0.6 is 0 Å². The predicted molar refractivity (Wildman–Crippen MR) is 109 cm³/mol. The van der Waals surface area contributed by atoms with Crippen molar-refractivity contribution in [3.05, 3.63) is 100 Å². The zero-order chi connectivity index (χ0) is 21.7. The third-order valence-corrected chi connectivity index (χ3v) is 6.34. The van der Waals surface area contributed by atoms with Crippen molar-refractivity contribution in [2.75, 3.05) is 10.8 Å². The number of benzene rings is 3. The van der Waals surface area contributed by atoms with Crippen LogP contribution < -0.4 is 4.31 Å². The molecule has 0 amide bonds. The van der Waals surface area contributed by atoms with Crippen molar-refractivity contribution < 1.29 is 22.1 Å². The van der Waals surface area contributed by atoms with Crippen LogP contribution in [0.2, 0.25) is 0 Å². The van der Waals surface area contributed by atoms with E-state index in [0.29, 0.717) is 5.69 Å². The maximum atomic E-state index is 14.7. The van der Waals surface area contributed by atoms with E-state index in [0.717, 1.165) is 40.7 Å². The quantitative estimate of drug-likeness (QED) is 0.369. The Morgan fingerprint density at radius 3 is 2.10 bits per heavy atom. The number of anilines is 1. The molecule has 3 aromatic carbocycles.